The fourth-order valence-electron chi connectivity index (χ4n) is 0.583. The van der Waals surface area contributed by atoms with E-state index in [0.29, 0.717) is 0 Å². The quantitative estimate of drug-likeness (QED) is 0.570. The van der Waals surface area contributed by atoms with Crippen molar-refractivity contribution in [2.24, 2.45) is 0 Å². The molecule has 0 radical (unpaired) electrons. The lowest BCUT2D eigenvalue weighted by atomic mass is 10.2. The Balaban J connectivity index is 3.32. The molecule has 3 heteroatoms. The Labute approximate surface area is 69.4 Å². The maximum Gasteiger partial charge on any atom is 0.0888 e. The fraction of sp³-hybridized carbons (Fsp3) is 1.00. The van der Waals surface area contributed by atoms with E-state index in [-0.39, 0.29) is 10.5 Å². The second kappa shape index (κ2) is 5.44. The lowest BCUT2D eigenvalue weighted by Gasteiger charge is -2.12. The summed E-state index contributed by atoms with van der Waals surface area (Å²) in [7, 11) is 0. The zero-order valence-electron chi connectivity index (χ0n) is 5.55. The van der Waals surface area contributed by atoms with E-state index >= 15 is 0 Å². The van der Waals surface area contributed by atoms with Crippen LogP contribution in [0.3, 0.4) is 0 Å². The smallest absolute Gasteiger partial charge is 0.0888 e. The Morgan fingerprint density at radius 2 is 2.11 bits per heavy atom. The van der Waals surface area contributed by atoms with E-state index in [1.54, 1.807) is 0 Å². The molecule has 0 rings (SSSR count). The average Bonchev–Trinajstić information content (AvgIpc) is 1.87. The summed E-state index contributed by atoms with van der Waals surface area (Å²) in [4.78, 5) is 0. The van der Waals surface area contributed by atoms with Gasteiger partial charge in [0.05, 0.1) is 12.7 Å². The number of halogens is 1. The fourth-order valence-corrected chi connectivity index (χ4v) is 1.43. The lowest BCUT2D eigenvalue weighted by molar-refractivity contribution is 0.0947. The van der Waals surface area contributed by atoms with Crippen molar-refractivity contribution >= 4 is 22.6 Å². The van der Waals surface area contributed by atoms with Crippen LogP contribution in [0.25, 0.3) is 0 Å². The molecule has 0 bridgehead atoms. The van der Waals surface area contributed by atoms with Gasteiger partial charge >= 0.3 is 0 Å². The average molecular weight is 244 g/mol. The van der Waals surface area contributed by atoms with Gasteiger partial charge in [0.1, 0.15) is 0 Å². The van der Waals surface area contributed by atoms with E-state index in [1.165, 1.54) is 0 Å². The molecule has 0 spiro atoms. The van der Waals surface area contributed by atoms with Crippen molar-refractivity contribution in [3.63, 3.8) is 0 Å². The molecule has 2 atom stereocenters. The summed E-state index contributed by atoms with van der Waals surface area (Å²) in [5.41, 5.74) is 0. The van der Waals surface area contributed by atoms with Gasteiger partial charge in [0.15, 0.2) is 0 Å². The van der Waals surface area contributed by atoms with Crippen molar-refractivity contribution in [3.05, 3.63) is 0 Å². The highest BCUT2D eigenvalue weighted by atomic mass is 127. The number of hydrogen-bond donors (Lipinski definition) is 2. The number of aliphatic hydroxyl groups excluding tert-OH is 2. The minimum atomic E-state index is -0.537. The highest BCUT2D eigenvalue weighted by Crippen LogP contribution is 2.12. The summed E-state index contributed by atoms with van der Waals surface area (Å²) < 4.78 is 0.206. The summed E-state index contributed by atoms with van der Waals surface area (Å²) in [5.74, 6) is 0. The minimum Gasteiger partial charge on any atom is -0.394 e. The first kappa shape index (κ1) is 9.65. The Bertz CT molecular complexity index is 68.1. The highest BCUT2D eigenvalue weighted by Gasteiger charge is 2.12. The summed E-state index contributed by atoms with van der Waals surface area (Å²) in [6, 6.07) is 0. The minimum absolute atomic E-state index is 0.117. The highest BCUT2D eigenvalue weighted by molar-refractivity contribution is 14.1. The van der Waals surface area contributed by atoms with Crippen molar-refractivity contribution in [1.29, 1.82) is 0 Å². The molecule has 0 saturated heterocycles. The standard InChI is InChI=1S/C6H13IO2/c1-2-3-5(7)6(9)4-8/h5-6,8-9H,2-4H2,1H3/t5-,6+/m0/s1. The van der Waals surface area contributed by atoms with Crippen LogP contribution in [0.5, 0.6) is 0 Å². The molecule has 2 N–H and O–H groups in total. The van der Waals surface area contributed by atoms with Gasteiger partial charge in [-0.2, -0.15) is 0 Å². The summed E-state index contributed by atoms with van der Waals surface area (Å²) >= 11 is 2.16. The van der Waals surface area contributed by atoms with E-state index in [0.717, 1.165) is 12.8 Å². The van der Waals surface area contributed by atoms with Crippen molar-refractivity contribution in [1.82, 2.24) is 0 Å². The molecule has 0 unspecified atom stereocenters. The summed E-state index contributed by atoms with van der Waals surface area (Å²) in [6.07, 6.45) is 1.50. The van der Waals surface area contributed by atoms with Gasteiger partial charge in [-0.1, -0.05) is 35.9 Å². The third kappa shape index (κ3) is 4.11. The van der Waals surface area contributed by atoms with Crippen molar-refractivity contribution in [2.45, 2.75) is 29.8 Å². The number of aliphatic hydroxyl groups is 2. The van der Waals surface area contributed by atoms with Crippen LogP contribution in [-0.2, 0) is 0 Å². The van der Waals surface area contributed by atoms with Gasteiger partial charge < -0.3 is 10.2 Å². The van der Waals surface area contributed by atoms with Gasteiger partial charge in [-0.25, -0.2) is 0 Å². The molecule has 0 aliphatic rings. The van der Waals surface area contributed by atoms with E-state index < -0.39 is 6.10 Å². The number of alkyl halides is 1. The Hall–Kier alpha value is 0.650. The van der Waals surface area contributed by atoms with Gasteiger partial charge in [0.2, 0.25) is 0 Å². The van der Waals surface area contributed by atoms with Crippen LogP contribution in [0.1, 0.15) is 19.8 Å². The molecule has 0 fully saturated rings. The molecule has 9 heavy (non-hydrogen) atoms. The Morgan fingerprint density at radius 1 is 1.56 bits per heavy atom. The largest absolute Gasteiger partial charge is 0.394 e. The SMILES string of the molecule is CCC[C@H](I)[C@H](O)CO. The molecular formula is C6H13IO2. The van der Waals surface area contributed by atoms with E-state index in [2.05, 4.69) is 29.5 Å². The lowest BCUT2D eigenvalue weighted by Crippen LogP contribution is -2.23. The van der Waals surface area contributed by atoms with Crippen LogP contribution in [-0.4, -0.2) is 26.8 Å². The van der Waals surface area contributed by atoms with E-state index in [1.807, 2.05) is 0 Å². The molecule has 0 aromatic heterocycles. The van der Waals surface area contributed by atoms with Crippen LogP contribution >= 0.6 is 22.6 Å². The normalized spacial score (nSPS) is 17.3. The first-order valence-corrected chi connectivity index (χ1v) is 4.40. The second-order valence-electron chi connectivity index (χ2n) is 2.05. The predicted octanol–water partition coefficient (Wildman–Crippen LogP) is 0.943. The molecule has 0 amide bonds. The van der Waals surface area contributed by atoms with Crippen molar-refractivity contribution < 1.29 is 10.2 Å². The molecule has 0 aliphatic carbocycles. The Morgan fingerprint density at radius 3 is 2.44 bits per heavy atom. The molecule has 0 aromatic carbocycles. The Kier molecular flexibility index (Phi) is 5.83. The number of hydrogen-bond acceptors (Lipinski definition) is 2. The second-order valence-corrected chi connectivity index (χ2v) is 3.65. The third-order valence-corrected chi connectivity index (χ3v) is 2.62. The van der Waals surface area contributed by atoms with Gasteiger partial charge in [-0.15, -0.1) is 0 Å². The molecule has 0 heterocycles. The zero-order valence-corrected chi connectivity index (χ0v) is 7.71. The maximum atomic E-state index is 9.00. The van der Waals surface area contributed by atoms with Gasteiger partial charge in [0, 0.05) is 3.92 Å². The van der Waals surface area contributed by atoms with Gasteiger partial charge in [0.25, 0.3) is 0 Å². The van der Waals surface area contributed by atoms with Crippen LogP contribution in [0.2, 0.25) is 0 Å². The molecule has 56 valence electrons. The summed E-state index contributed by atoms with van der Waals surface area (Å²) in [6.45, 7) is 1.95. The van der Waals surface area contributed by atoms with Crippen molar-refractivity contribution in [3.8, 4) is 0 Å². The van der Waals surface area contributed by atoms with Gasteiger partial charge in [-0.3, -0.25) is 0 Å². The molecule has 0 saturated carbocycles. The first-order valence-electron chi connectivity index (χ1n) is 3.15. The van der Waals surface area contributed by atoms with Crippen LogP contribution in [0.4, 0.5) is 0 Å². The third-order valence-electron chi connectivity index (χ3n) is 1.17. The van der Waals surface area contributed by atoms with Crippen LogP contribution < -0.4 is 0 Å². The van der Waals surface area contributed by atoms with Gasteiger partial charge in [-0.05, 0) is 6.42 Å². The van der Waals surface area contributed by atoms with E-state index in [9.17, 15) is 0 Å². The predicted molar refractivity (Wildman–Crippen MR) is 45.8 cm³/mol. The maximum absolute atomic E-state index is 9.00. The zero-order chi connectivity index (χ0) is 7.28. The van der Waals surface area contributed by atoms with Crippen LogP contribution in [0, 0.1) is 0 Å². The van der Waals surface area contributed by atoms with E-state index in [4.69, 9.17) is 10.2 Å². The number of rotatable bonds is 4. The monoisotopic (exact) mass is 244 g/mol. The topological polar surface area (TPSA) is 40.5 Å². The van der Waals surface area contributed by atoms with Crippen LogP contribution in [0.15, 0.2) is 0 Å². The molecule has 0 aromatic rings. The first-order chi connectivity index (χ1) is 4.22. The molecule has 0 aliphatic heterocycles. The molecular weight excluding hydrogens is 231 g/mol. The summed E-state index contributed by atoms with van der Waals surface area (Å²) in [5, 5.41) is 17.5. The molecule has 2 nitrogen and oxygen atoms in total. The van der Waals surface area contributed by atoms with Crippen molar-refractivity contribution in [2.75, 3.05) is 6.61 Å².